The Kier molecular flexibility index (Phi) is 7.49. The molecule has 1 amide bonds. The largest absolute Gasteiger partial charge is 0.522 e. The first-order chi connectivity index (χ1) is 16.0. The highest BCUT2D eigenvalue weighted by Crippen LogP contribution is 2.31. The van der Waals surface area contributed by atoms with Crippen LogP contribution in [0.25, 0.3) is 0 Å². The van der Waals surface area contributed by atoms with Crippen LogP contribution in [-0.4, -0.2) is 113 Å². The van der Waals surface area contributed by atoms with Gasteiger partial charge in [0.25, 0.3) is 0 Å². The summed E-state index contributed by atoms with van der Waals surface area (Å²) in [5.41, 5.74) is 6.34. The van der Waals surface area contributed by atoms with Crippen LogP contribution in [-0.2, 0) is 19.1 Å². The number of amides is 1. The summed E-state index contributed by atoms with van der Waals surface area (Å²) < 4.78 is 5.02. The smallest absolute Gasteiger partial charge is 0.481 e. The Morgan fingerprint density at radius 1 is 1.09 bits per heavy atom. The maximum Gasteiger partial charge on any atom is 0.522 e. The van der Waals surface area contributed by atoms with Crippen LogP contribution in [0.4, 0.5) is 10.5 Å². The Morgan fingerprint density at radius 2 is 1.71 bits per heavy atom. The molecule has 2 heterocycles. The van der Waals surface area contributed by atoms with Gasteiger partial charge in [0.2, 0.25) is 0 Å². The number of ether oxygens (including phenoxy) is 1. The monoisotopic (exact) mass is 478 g/mol. The number of cyclic esters (lactones) is 1. The number of carbonyl (C=O) groups is 4. The molecular weight excluding hydrogens is 450 g/mol. The number of nitrogen functional groups attached to an aromatic ring is 1. The summed E-state index contributed by atoms with van der Waals surface area (Å²) in [6.45, 7) is 1.51. The third-order valence-corrected chi connectivity index (χ3v) is 6.17. The summed E-state index contributed by atoms with van der Waals surface area (Å²) in [5, 5.41) is 35.3. The number of nitrogens with zero attached hydrogens (tertiary/aromatic N) is 3. The second-order valence-electron chi connectivity index (χ2n) is 8.46. The van der Waals surface area contributed by atoms with Crippen molar-refractivity contribution in [3.05, 3.63) is 29.8 Å². The fourth-order valence-corrected chi connectivity index (χ4v) is 4.47. The van der Waals surface area contributed by atoms with Crippen LogP contribution < -0.4 is 10.2 Å². The van der Waals surface area contributed by atoms with E-state index < -0.39 is 53.6 Å². The van der Waals surface area contributed by atoms with Crippen molar-refractivity contribution in [2.24, 2.45) is 5.73 Å². The van der Waals surface area contributed by atoms with Crippen LogP contribution in [0.2, 0.25) is 0 Å². The average molecular weight is 478 g/mol. The highest BCUT2D eigenvalue weighted by atomic mass is 16.6. The predicted octanol–water partition coefficient (Wildman–Crippen LogP) is -0.573. The lowest BCUT2D eigenvalue weighted by molar-refractivity contribution is -0.150. The number of aliphatic carboxylic acids is 3. The third-order valence-electron chi connectivity index (χ3n) is 6.17. The predicted molar refractivity (Wildman–Crippen MR) is 119 cm³/mol. The minimum atomic E-state index is -1.19. The summed E-state index contributed by atoms with van der Waals surface area (Å²) in [5.74, 6) is -3.69. The van der Waals surface area contributed by atoms with Crippen LogP contribution in [0.1, 0.15) is 12.0 Å². The first-order valence-corrected chi connectivity index (χ1v) is 10.7. The molecule has 2 aliphatic heterocycles. The number of carboxylic acids is 3. The standard InChI is InChI=1S/C21H27N5O8/c22-19(23)13-1-3-14(4-2-13)26(12-18(29)30)11-15(34-21(26)33)10-24-5-7-25(8-6-24)16(20(31)32)9-17(27)28/h1-4,15-16H,5-12H2,(H5-,22,23,27,28,29,30,31,32)/p+1. The van der Waals surface area contributed by atoms with Crippen molar-refractivity contribution in [2.75, 3.05) is 45.8 Å². The highest BCUT2D eigenvalue weighted by Gasteiger charge is 2.53. The second kappa shape index (κ2) is 10.2. The fraction of sp³-hybridized carbons (Fsp3) is 0.476. The van der Waals surface area contributed by atoms with E-state index in [2.05, 4.69) is 0 Å². The summed E-state index contributed by atoms with van der Waals surface area (Å²) in [4.78, 5) is 50.5. The molecule has 2 aliphatic rings. The Labute approximate surface area is 195 Å². The van der Waals surface area contributed by atoms with Crippen molar-refractivity contribution in [1.82, 2.24) is 14.3 Å². The molecule has 0 aromatic heterocycles. The average Bonchev–Trinajstić information content (AvgIpc) is 3.07. The number of quaternary nitrogens is 1. The maximum absolute atomic E-state index is 12.9. The normalized spacial score (nSPS) is 24.4. The molecule has 0 aliphatic carbocycles. The molecule has 0 radical (unpaired) electrons. The van der Waals surface area contributed by atoms with E-state index in [1.807, 2.05) is 4.90 Å². The Bertz CT molecular complexity index is 976. The number of rotatable bonds is 10. The number of nitrogens with one attached hydrogen (secondary N) is 1. The molecule has 0 spiro atoms. The summed E-state index contributed by atoms with van der Waals surface area (Å²) in [7, 11) is 0. The van der Waals surface area contributed by atoms with E-state index in [-0.39, 0.29) is 12.4 Å². The van der Waals surface area contributed by atoms with Gasteiger partial charge in [0, 0.05) is 50.4 Å². The molecule has 6 N–H and O–H groups in total. The molecule has 1 aromatic carbocycles. The van der Waals surface area contributed by atoms with Gasteiger partial charge in [0.05, 0.1) is 6.42 Å². The molecule has 13 nitrogen and oxygen atoms in total. The van der Waals surface area contributed by atoms with Gasteiger partial charge in [0.1, 0.15) is 24.1 Å². The molecule has 1 aromatic rings. The van der Waals surface area contributed by atoms with Gasteiger partial charge in [0.15, 0.2) is 12.6 Å². The van der Waals surface area contributed by atoms with Crippen LogP contribution >= 0.6 is 0 Å². The summed E-state index contributed by atoms with van der Waals surface area (Å²) in [6.07, 6.45) is -1.76. The number of amidine groups is 1. The van der Waals surface area contributed by atoms with Crippen LogP contribution in [0.5, 0.6) is 0 Å². The molecular formula is C21H28N5O8+. The van der Waals surface area contributed by atoms with Gasteiger partial charge in [-0.1, -0.05) is 0 Å². The van der Waals surface area contributed by atoms with Crippen molar-refractivity contribution in [2.45, 2.75) is 18.6 Å². The van der Waals surface area contributed by atoms with E-state index in [9.17, 15) is 29.4 Å². The van der Waals surface area contributed by atoms with E-state index in [1.165, 1.54) is 0 Å². The number of hydrogen-bond donors (Lipinski definition) is 5. The topological polar surface area (TPSA) is 195 Å². The molecule has 0 bridgehead atoms. The molecule has 3 atom stereocenters. The van der Waals surface area contributed by atoms with Crippen LogP contribution in [0.3, 0.4) is 0 Å². The van der Waals surface area contributed by atoms with Crippen molar-refractivity contribution in [1.29, 1.82) is 5.41 Å². The number of benzene rings is 1. The van der Waals surface area contributed by atoms with Crippen LogP contribution in [0, 0.1) is 5.41 Å². The minimum Gasteiger partial charge on any atom is -0.481 e. The molecule has 2 fully saturated rings. The Morgan fingerprint density at radius 3 is 2.21 bits per heavy atom. The fourth-order valence-electron chi connectivity index (χ4n) is 4.47. The first-order valence-electron chi connectivity index (χ1n) is 10.7. The van der Waals surface area contributed by atoms with Gasteiger partial charge in [-0.3, -0.25) is 24.8 Å². The lowest BCUT2D eigenvalue weighted by Gasteiger charge is -2.37. The van der Waals surface area contributed by atoms with Gasteiger partial charge >= 0.3 is 24.0 Å². The molecule has 34 heavy (non-hydrogen) atoms. The van der Waals surface area contributed by atoms with Gasteiger partial charge in [-0.2, -0.15) is 9.28 Å². The van der Waals surface area contributed by atoms with Crippen LogP contribution in [0.15, 0.2) is 24.3 Å². The van der Waals surface area contributed by atoms with E-state index in [4.69, 9.17) is 21.0 Å². The van der Waals surface area contributed by atoms with Crippen molar-refractivity contribution < 1.29 is 39.2 Å². The molecule has 3 unspecified atom stereocenters. The zero-order chi connectivity index (χ0) is 25.0. The van der Waals surface area contributed by atoms with Gasteiger partial charge in [-0.05, 0) is 12.1 Å². The van der Waals surface area contributed by atoms with Crippen molar-refractivity contribution >= 4 is 35.5 Å². The number of carboxylic acid groups (broad SMARTS) is 3. The van der Waals surface area contributed by atoms with E-state index in [0.29, 0.717) is 44.0 Å². The number of nitrogens with two attached hydrogens (primary N) is 1. The first kappa shape index (κ1) is 25.1. The van der Waals surface area contributed by atoms with Crippen molar-refractivity contribution in [3.63, 3.8) is 0 Å². The molecule has 2 saturated heterocycles. The minimum absolute atomic E-state index is 0.0987. The second-order valence-corrected chi connectivity index (χ2v) is 8.46. The van der Waals surface area contributed by atoms with Gasteiger partial charge in [-0.25, -0.2) is 4.79 Å². The molecule has 3 rings (SSSR count). The zero-order valence-corrected chi connectivity index (χ0v) is 18.4. The lowest BCUT2D eigenvalue weighted by atomic mass is 10.1. The maximum atomic E-state index is 12.9. The third kappa shape index (κ3) is 5.50. The highest BCUT2D eigenvalue weighted by molar-refractivity contribution is 5.96. The van der Waals surface area contributed by atoms with Gasteiger partial charge in [-0.15, -0.1) is 0 Å². The Hall–Kier alpha value is -3.55. The van der Waals surface area contributed by atoms with E-state index >= 15 is 0 Å². The van der Waals surface area contributed by atoms with E-state index in [1.54, 1.807) is 29.2 Å². The van der Waals surface area contributed by atoms with Crippen molar-refractivity contribution in [3.8, 4) is 0 Å². The quantitative estimate of drug-likeness (QED) is 0.164. The lowest BCUT2D eigenvalue weighted by Crippen LogP contribution is -2.56. The number of piperazine rings is 1. The summed E-state index contributed by atoms with van der Waals surface area (Å²) in [6, 6.07) is 5.12. The molecule has 184 valence electrons. The molecule has 0 saturated carbocycles. The van der Waals surface area contributed by atoms with E-state index in [0.717, 1.165) is 0 Å². The summed E-state index contributed by atoms with van der Waals surface area (Å²) >= 11 is 0. The zero-order valence-electron chi connectivity index (χ0n) is 18.4. The van der Waals surface area contributed by atoms with Gasteiger partial charge < -0.3 is 25.8 Å². The number of hydrogen-bond acceptors (Lipinski definition) is 8. The Balaban J connectivity index is 1.68. The molecule has 13 heteroatoms. The number of carbonyl (C=O) groups excluding carboxylic acids is 1. The SMILES string of the molecule is N=C(N)c1ccc([N+]2(CC(=O)O)CC(CN3CCN(C(CC(=O)O)C(=O)O)CC3)OC2=O)cc1.